The largest absolute Gasteiger partial charge is 0.478 e. The molecule has 1 amide bonds. The first-order valence-corrected chi connectivity index (χ1v) is 10.2. The molecule has 4 nitrogen and oxygen atoms in total. The van der Waals surface area contributed by atoms with E-state index in [0.717, 1.165) is 5.56 Å². The third-order valence-electron chi connectivity index (χ3n) is 5.10. The molecule has 6 heteroatoms. The highest BCUT2D eigenvalue weighted by molar-refractivity contribution is 6.35. The minimum absolute atomic E-state index is 0.149. The smallest absolute Gasteiger partial charge is 0.336 e. The number of aromatic carboxylic acids is 1. The summed E-state index contributed by atoms with van der Waals surface area (Å²) in [6.07, 6.45) is 3.50. The highest BCUT2D eigenvalue weighted by Gasteiger charge is 2.32. The fourth-order valence-electron chi connectivity index (χ4n) is 3.56. The number of carboxylic acid groups (broad SMARTS) is 1. The van der Waals surface area contributed by atoms with Crippen LogP contribution in [0.1, 0.15) is 27.0 Å². The van der Waals surface area contributed by atoms with E-state index in [1.54, 1.807) is 54.3 Å². The second kappa shape index (κ2) is 8.42. The van der Waals surface area contributed by atoms with E-state index in [-0.39, 0.29) is 11.5 Å². The summed E-state index contributed by atoms with van der Waals surface area (Å²) in [6.45, 7) is 1.70. The lowest BCUT2D eigenvalue weighted by Gasteiger charge is -2.23. The molecular weight excluding hydrogens is 433 g/mol. The van der Waals surface area contributed by atoms with Crippen LogP contribution in [0.3, 0.4) is 0 Å². The van der Waals surface area contributed by atoms with Gasteiger partial charge in [-0.2, -0.15) is 0 Å². The minimum Gasteiger partial charge on any atom is -0.478 e. The van der Waals surface area contributed by atoms with Gasteiger partial charge < -0.3 is 5.11 Å². The summed E-state index contributed by atoms with van der Waals surface area (Å²) in [6, 6.07) is 19.5. The van der Waals surface area contributed by atoms with E-state index in [0.29, 0.717) is 38.1 Å². The molecule has 0 spiro atoms. The van der Waals surface area contributed by atoms with Crippen molar-refractivity contribution in [2.45, 2.75) is 6.92 Å². The topological polar surface area (TPSA) is 57.6 Å². The third kappa shape index (κ3) is 4.00. The molecule has 1 N–H and O–H groups in total. The van der Waals surface area contributed by atoms with Crippen molar-refractivity contribution in [1.29, 1.82) is 0 Å². The Labute approximate surface area is 189 Å². The summed E-state index contributed by atoms with van der Waals surface area (Å²) in [4.78, 5) is 26.7. The molecule has 0 bridgehead atoms. The lowest BCUT2D eigenvalue weighted by Crippen LogP contribution is -2.26. The van der Waals surface area contributed by atoms with E-state index in [2.05, 4.69) is 0 Å². The summed E-state index contributed by atoms with van der Waals surface area (Å²) in [5.74, 6) is -1.31. The van der Waals surface area contributed by atoms with Crippen LogP contribution in [0.2, 0.25) is 10.0 Å². The molecule has 3 aromatic rings. The van der Waals surface area contributed by atoms with Crippen LogP contribution in [0.15, 0.2) is 78.4 Å². The Kier molecular flexibility index (Phi) is 5.68. The van der Waals surface area contributed by atoms with E-state index in [1.807, 2.05) is 30.3 Å². The molecule has 1 heterocycles. The van der Waals surface area contributed by atoms with Gasteiger partial charge >= 0.3 is 5.97 Å². The Morgan fingerprint density at radius 3 is 2.42 bits per heavy atom. The second-order valence-corrected chi connectivity index (χ2v) is 7.90. The molecule has 3 aromatic carbocycles. The molecule has 0 radical (unpaired) electrons. The van der Waals surface area contributed by atoms with Crippen molar-refractivity contribution in [2.75, 3.05) is 4.90 Å². The van der Waals surface area contributed by atoms with E-state index < -0.39 is 5.97 Å². The van der Waals surface area contributed by atoms with E-state index >= 15 is 0 Å². The Hall–Kier alpha value is -3.34. The first-order chi connectivity index (χ1) is 14.9. The molecule has 0 aliphatic carbocycles. The number of carbonyl (C=O) groups excluding carboxylic acids is 1. The van der Waals surface area contributed by atoms with E-state index in [1.165, 1.54) is 6.07 Å². The summed E-state index contributed by atoms with van der Waals surface area (Å²) >= 11 is 12.3. The number of carbonyl (C=O) groups is 2. The number of hydrogen-bond donors (Lipinski definition) is 1. The number of nitrogens with zero attached hydrogens (tertiary/aromatic N) is 1. The van der Waals surface area contributed by atoms with Crippen molar-refractivity contribution < 1.29 is 14.7 Å². The average molecular weight is 450 g/mol. The number of amides is 1. The fourth-order valence-corrected chi connectivity index (χ4v) is 4.02. The predicted molar refractivity (Wildman–Crippen MR) is 124 cm³/mol. The molecule has 154 valence electrons. The number of carboxylic acids is 1. The van der Waals surface area contributed by atoms with Gasteiger partial charge in [0.25, 0.3) is 5.91 Å². The Morgan fingerprint density at radius 1 is 1.00 bits per heavy atom. The van der Waals surface area contributed by atoms with Crippen molar-refractivity contribution in [2.24, 2.45) is 0 Å². The lowest BCUT2D eigenvalue weighted by atomic mass is 10.0. The van der Waals surface area contributed by atoms with E-state index in [9.17, 15) is 14.7 Å². The summed E-state index contributed by atoms with van der Waals surface area (Å²) in [5.41, 5.74) is 3.77. The monoisotopic (exact) mass is 449 g/mol. The van der Waals surface area contributed by atoms with Crippen LogP contribution < -0.4 is 4.90 Å². The number of anilines is 1. The van der Waals surface area contributed by atoms with Gasteiger partial charge in [-0.15, -0.1) is 0 Å². The molecule has 0 saturated carbocycles. The van der Waals surface area contributed by atoms with Crippen LogP contribution in [0.25, 0.3) is 11.8 Å². The number of rotatable bonds is 4. The Balaban J connectivity index is 1.88. The van der Waals surface area contributed by atoms with Crippen molar-refractivity contribution in [3.05, 3.63) is 111 Å². The molecule has 0 fully saturated rings. The van der Waals surface area contributed by atoms with Gasteiger partial charge in [-0.1, -0.05) is 65.7 Å². The zero-order chi connectivity index (χ0) is 22.1. The highest BCUT2D eigenvalue weighted by Crippen LogP contribution is 2.38. The van der Waals surface area contributed by atoms with Crippen molar-refractivity contribution in [3.63, 3.8) is 0 Å². The van der Waals surface area contributed by atoms with Gasteiger partial charge in [0.05, 0.1) is 16.9 Å². The number of halogens is 2. The fraction of sp³-hybridized carbons (Fsp3) is 0.0400. The first-order valence-electron chi connectivity index (χ1n) is 9.48. The van der Waals surface area contributed by atoms with Gasteiger partial charge in [0.1, 0.15) is 0 Å². The first kappa shape index (κ1) is 20.9. The maximum Gasteiger partial charge on any atom is 0.336 e. The number of hydrogen-bond acceptors (Lipinski definition) is 2. The average Bonchev–Trinajstić information content (AvgIpc) is 3.07. The van der Waals surface area contributed by atoms with Crippen LogP contribution in [-0.2, 0) is 4.79 Å². The molecule has 0 unspecified atom stereocenters. The highest BCUT2D eigenvalue weighted by atomic mass is 35.5. The summed E-state index contributed by atoms with van der Waals surface area (Å²) < 4.78 is 0. The van der Waals surface area contributed by atoms with Gasteiger partial charge in [0.2, 0.25) is 0 Å². The van der Waals surface area contributed by atoms with Gasteiger partial charge in [-0.05, 0) is 60.0 Å². The zero-order valence-electron chi connectivity index (χ0n) is 16.5. The van der Waals surface area contributed by atoms with Gasteiger partial charge in [-0.3, -0.25) is 9.69 Å². The van der Waals surface area contributed by atoms with E-state index in [4.69, 9.17) is 23.2 Å². The third-order valence-corrected chi connectivity index (χ3v) is 5.67. The molecule has 1 aliphatic rings. The standard InChI is InChI=1S/C25H17Cl2NO3/c1-15-20(25(30)31)8-5-9-22(15)28-23(16-6-3-2-4-7-16)13-18(24(28)29)12-17-10-11-19(26)14-21(17)27/h2-14H,1H3,(H,30,31)/b18-12+. The van der Waals surface area contributed by atoms with Gasteiger partial charge in [0, 0.05) is 15.6 Å². The lowest BCUT2D eigenvalue weighted by molar-refractivity contribution is -0.113. The van der Waals surface area contributed by atoms with Crippen LogP contribution in [0.5, 0.6) is 0 Å². The maximum atomic E-state index is 13.5. The molecule has 0 aromatic heterocycles. The quantitative estimate of drug-likeness (QED) is 0.464. The Bertz CT molecular complexity index is 1260. The zero-order valence-corrected chi connectivity index (χ0v) is 18.0. The molecule has 31 heavy (non-hydrogen) atoms. The summed E-state index contributed by atoms with van der Waals surface area (Å²) in [7, 11) is 0. The van der Waals surface area contributed by atoms with Crippen molar-refractivity contribution in [3.8, 4) is 0 Å². The molecule has 0 saturated heterocycles. The van der Waals surface area contributed by atoms with Gasteiger partial charge in [-0.25, -0.2) is 4.79 Å². The predicted octanol–water partition coefficient (Wildman–Crippen LogP) is 6.47. The molecule has 4 rings (SSSR count). The second-order valence-electron chi connectivity index (χ2n) is 7.06. The van der Waals surface area contributed by atoms with Crippen LogP contribution in [0, 0.1) is 6.92 Å². The molecule has 1 aliphatic heterocycles. The van der Waals surface area contributed by atoms with Crippen LogP contribution in [-0.4, -0.2) is 17.0 Å². The molecule has 0 atom stereocenters. The van der Waals surface area contributed by atoms with Crippen LogP contribution >= 0.6 is 23.2 Å². The normalized spacial score (nSPS) is 14.8. The minimum atomic E-state index is -1.04. The number of benzene rings is 3. The SMILES string of the molecule is Cc1c(C(=O)O)cccc1N1C(=O)/C(=C/c2ccc(Cl)cc2Cl)C=C1c1ccccc1. The van der Waals surface area contributed by atoms with Crippen molar-refractivity contribution >= 4 is 52.5 Å². The van der Waals surface area contributed by atoms with Crippen molar-refractivity contribution in [1.82, 2.24) is 0 Å². The van der Waals surface area contributed by atoms with Crippen LogP contribution in [0.4, 0.5) is 5.69 Å². The summed E-state index contributed by atoms with van der Waals surface area (Å²) in [5, 5.41) is 10.5. The Morgan fingerprint density at radius 2 is 1.74 bits per heavy atom. The molecular formula is C25H17Cl2NO3. The maximum absolute atomic E-state index is 13.5. The van der Waals surface area contributed by atoms with Gasteiger partial charge in [0.15, 0.2) is 0 Å².